The Morgan fingerprint density at radius 3 is 2.34 bits per heavy atom. The van der Waals surface area contributed by atoms with Gasteiger partial charge in [0.2, 0.25) is 0 Å². The smallest absolute Gasteiger partial charge is 0.322 e. The number of hydrogen-bond acceptors (Lipinski definition) is 8. The highest BCUT2D eigenvalue weighted by Gasteiger charge is 2.27. The maximum absolute atomic E-state index is 14.0. The van der Waals surface area contributed by atoms with Crippen molar-refractivity contribution in [3.63, 3.8) is 0 Å². The van der Waals surface area contributed by atoms with E-state index in [-0.39, 0.29) is 17.8 Å². The van der Waals surface area contributed by atoms with Crippen LogP contribution < -0.4 is 25.1 Å². The van der Waals surface area contributed by atoms with Crippen LogP contribution >= 0.6 is 0 Å². The lowest BCUT2D eigenvalue weighted by atomic mass is 10.1. The molecule has 0 fully saturated rings. The van der Waals surface area contributed by atoms with Crippen molar-refractivity contribution in [2.24, 2.45) is 0 Å². The van der Waals surface area contributed by atoms with Gasteiger partial charge in [-0.2, -0.15) is 0 Å². The summed E-state index contributed by atoms with van der Waals surface area (Å²) in [5, 5.41) is 14.5. The fourth-order valence-corrected chi connectivity index (χ4v) is 5.30. The molecule has 0 aliphatic rings. The first-order valence-corrected chi connectivity index (χ1v) is 15.0. The minimum atomic E-state index is -0.711. The maximum Gasteiger partial charge on any atom is 0.322 e. The number of amides is 2. The lowest BCUT2D eigenvalue weighted by molar-refractivity contribution is -0.384. The summed E-state index contributed by atoms with van der Waals surface area (Å²) in [6, 6.07) is 24.1. The molecule has 0 saturated carbocycles. The number of anilines is 1. The van der Waals surface area contributed by atoms with Crippen LogP contribution in [0.3, 0.4) is 0 Å². The molecule has 47 heavy (non-hydrogen) atoms. The highest BCUT2D eigenvalue weighted by atomic mass is 16.6. The van der Waals surface area contributed by atoms with Crippen LogP contribution in [0.2, 0.25) is 0 Å². The number of nitro benzene ring substituents is 1. The second kappa shape index (κ2) is 14.5. The normalized spacial score (nSPS) is 11.5. The number of methoxy groups -OCH3 is 2. The summed E-state index contributed by atoms with van der Waals surface area (Å²) in [7, 11) is 3.11. The molecule has 2 amide bonds. The summed E-state index contributed by atoms with van der Waals surface area (Å²) in [4.78, 5) is 45.2. The SMILES string of the molecule is CCOc1ccc(-n2c(C(C)N(CCc3ccc(OC)c(OC)c3)C(=O)Nc3ccc([N+](=O)[O-])cc3)nc3ccccc3c2=O)cc1. The predicted molar refractivity (Wildman–Crippen MR) is 179 cm³/mol. The van der Waals surface area contributed by atoms with E-state index in [0.717, 1.165) is 5.56 Å². The van der Waals surface area contributed by atoms with Crippen LogP contribution in [0, 0.1) is 10.1 Å². The first-order chi connectivity index (χ1) is 22.7. The van der Waals surface area contributed by atoms with Gasteiger partial charge >= 0.3 is 6.03 Å². The van der Waals surface area contributed by atoms with Gasteiger partial charge in [0.25, 0.3) is 11.2 Å². The third-order valence-corrected chi connectivity index (χ3v) is 7.73. The average Bonchev–Trinajstić information content (AvgIpc) is 3.09. The number of non-ortho nitro benzene ring substituents is 1. The van der Waals surface area contributed by atoms with E-state index in [1.54, 1.807) is 73.7 Å². The van der Waals surface area contributed by atoms with Crippen molar-refractivity contribution in [1.29, 1.82) is 0 Å². The Kier molecular flexibility index (Phi) is 9.99. The summed E-state index contributed by atoms with van der Waals surface area (Å²) >= 11 is 0. The quantitative estimate of drug-likeness (QED) is 0.120. The largest absolute Gasteiger partial charge is 0.494 e. The molecule has 242 valence electrons. The van der Waals surface area contributed by atoms with Crippen molar-refractivity contribution < 1.29 is 23.9 Å². The molecule has 0 aliphatic heterocycles. The van der Waals surface area contributed by atoms with Gasteiger partial charge in [0.1, 0.15) is 11.6 Å². The van der Waals surface area contributed by atoms with Crippen LogP contribution in [-0.2, 0) is 6.42 Å². The topological polar surface area (TPSA) is 138 Å². The summed E-state index contributed by atoms with van der Waals surface area (Å²) in [5.41, 5.74) is 1.95. The molecule has 1 N–H and O–H groups in total. The summed E-state index contributed by atoms with van der Waals surface area (Å²) in [6.07, 6.45) is 0.430. The molecule has 12 heteroatoms. The third kappa shape index (κ3) is 7.17. The summed E-state index contributed by atoms with van der Waals surface area (Å²) in [6.45, 7) is 4.43. The maximum atomic E-state index is 14.0. The van der Waals surface area contributed by atoms with Crippen LogP contribution in [0.5, 0.6) is 17.2 Å². The van der Waals surface area contributed by atoms with E-state index in [1.165, 1.54) is 28.8 Å². The Labute approximate surface area is 271 Å². The number of carbonyl (C=O) groups excluding carboxylic acids is 1. The zero-order valence-electron chi connectivity index (χ0n) is 26.5. The lowest BCUT2D eigenvalue weighted by Crippen LogP contribution is -2.41. The molecular formula is C35H35N5O7. The van der Waals surface area contributed by atoms with Crippen LogP contribution in [-0.4, -0.2) is 52.8 Å². The monoisotopic (exact) mass is 637 g/mol. The number of nitrogens with zero attached hydrogens (tertiary/aromatic N) is 4. The van der Waals surface area contributed by atoms with Crippen LogP contribution in [0.15, 0.2) is 95.8 Å². The van der Waals surface area contributed by atoms with Crippen molar-refractivity contribution >= 4 is 28.3 Å². The number of hydrogen-bond donors (Lipinski definition) is 1. The van der Waals surface area contributed by atoms with E-state index in [2.05, 4.69) is 5.32 Å². The Hall–Kier alpha value is -5.91. The molecule has 1 unspecified atom stereocenters. The molecule has 4 aromatic carbocycles. The number of rotatable bonds is 12. The molecule has 5 aromatic rings. The number of benzene rings is 4. The number of nitro groups is 1. The minimum Gasteiger partial charge on any atom is -0.494 e. The minimum absolute atomic E-state index is 0.0959. The highest BCUT2D eigenvalue weighted by molar-refractivity contribution is 5.89. The molecule has 1 heterocycles. The molecule has 0 bridgehead atoms. The number of aromatic nitrogens is 2. The zero-order valence-corrected chi connectivity index (χ0v) is 26.5. The number of ether oxygens (including phenoxy) is 3. The summed E-state index contributed by atoms with van der Waals surface area (Å²) < 4.78 is 18.0. The first kappa shape index (κ1) is 32.5. The lowest BCUT2D eigenvalue weighted by Gasteiger charge is -2.31. The molecule has 1 atom stereocenters. The second-order valence-electron chi connectivity index (χ2n) is 10.6. The Bertz CT molecular complexity index is 1940. The number of nitrogens with one attached hydrogen (secondary N) is 1. The molecule has 1 aromatic heterocycles. The van der Waals surface area contributed by atoms with E-state index in [1.807, 2.05) is 26.0 Å². The molecule has 0 aliphatic carbocycles. The van der Waals surface area contributed by atoms with Crippen molar-refractivity contribution in [2.45, 2.75) is 26.3 Å². The van der Waals surface area contributed by atoms with E-state index in [9.17, 15) is 19.7 Å². The standard InChI is InChI=1S/C35H35N5O7/c1-5-47-28-17-15-26(16-18-28)39-33(37-30-9-7-6-8-29(30)34(39)41)23(2)38(21-20-24-10-19-31(45-3)32(22-24)46-4)35(42)36-25-11-13-27(14-12-25)40(43)44/h6-19,22-23H,5,20-21H2,1-4H3,(H,36,42). The van der Waals surface area contributed by atoms with Crippen LogP contribution in [0.1, 0.15) is 31.3 Å². The van der Waals surface area contributed by atoms with E-state index in [0.29, 0.717) is 58.4 Å². The zero-order chi connectivity index (χ0) is 33.5. The van der Waals surface area contributed by atoms with Crippen molar-refractivity contribution in [2.75, 3.05) is 32.7 Å². The summed E-state index contributed by atoms with van der Waals surface area (Å²) in [5.74, 6) is 2.15. The van der Waals surface area contributed by atoms with Crippen LogP contribution in [0.4, 0.5) is 16.2 Å². The number of fused-ring (bicyclic) bond motifs is 1. The van der Waals surface area contributed by atoms with Crippen molar-refractivity contribution in [1.82, 2.24) is 14.5 Å². The van der Waals surface area contributed by atoms with Crippen molar-refractivity contribution in [3.05, 3.63) is 123 Å². The predicted octanol–water partition coefficient (Wildman–Crippen LogP) is 6.55. The fourth-order valence-electron chi connectivity index (χ4n) is 5.30. The van der Waals surface area contributed by atoms with Gasteiger partial charge < -0.3 is 24.4 Å². The Balaban J connectivity index is 1.57. The van der Waals surface area contributed by atoms with Crippen LogP contribution in [0.25, 0.3) is 16.6 Å². The van der Waals surface area contributed by atoms with Gasteiger partial charge in [-0.05, 0) is 86.5 Å². The van der Waals surface area contributed by atoms with Gasteiger partial charge in [0.05, 0.1) is 48.4 Å². The molecule has 0 radical (unpaired) electrons. The van der Waals surface area contributed by atoms with Gasteiger partial charge in [0.15, 0.2) is 11.5 Å². The third-order valence-electron chi connectivity index (χ3n) is 7.73. The first-order valence-electron chi connectivity index (χ1n) is 15.0. The van der Waals surface area contributed by atoms with Gasteiger partial charge in [0, 0.05) is 24.4 Å². The fraction of sp³-hybridized carbons (Fsp3) is 0.229. The number of urea groups is 1. The van der Waals surface area contributed by atoms with Gasteiger partial charge in [-0.3, -0.25) is 19.5 Å². The molecule has 5 rings (SSSR count). The number of para-hydroxylation sites is 1. The Morgan fingerprint density at radius 1 is 0.979 bits per heavy atom. The average molecular weight is 638 g/mol. The second-order valence-corrected chi connectivity index (χ2v) is 10.6. The van der Waals surface area contributed by atoms with Crippen molar-refractivity contribution in [3.8, 4) is 22.9 Å². The van der Waals surface area contributed by atoms with E-state index < -0.39 is 17.0 Å². The number of carbonyl (C=O) groups is 1. The van der Waals surface area contributed by atoms with Gasteiger partial charge in [-0.1, -0.05) is 18.2 Å². The molecular weight excluding hydrogens is 602 g/mol. The molecule has 12 nitrogen and oxygen atoms in total. The molecule has 0 saturated heterocycles. The molecule has 0 spiro atoms. The van der Waals surface area contributed by atoms with E-state index >= 15 is 0 Å². The van der Waals surface area contributed by atoms with Gasteiger partial charge in [-0.15, -0.1) is 0 Å². The van der Waals surface area contributed by atoms with E-state index in [4.69, 9.17) is 19.2 Å². The highest BCUT2D eigenvalue weighted by Crippen LogP contribution is 2.29. The Morgan fingerprint density at radius 2 is 1.68 bits per heavy atom. The van der Waals surface area contributed by atoms with Gasteiger partial charge in [-0.25, -0.2) is 9.78 Å².